The summed E-state index contributed by atoms with van der Waals surface area (Å²) < 4.78 is 16.0. The summed E-state index contributed by atoms with van der Waals surface area (Å²) in [5.41, 5.74) is 0.448. The van der Waals surface area contributed by atoms with E-state index in [1.807, 2.05) is 12.1 Å². The Balaban J connectivity index is 2.33. The number of hydrogen-bond acceptors (Lipinski definition) is 4. The number of nitrogens with zero attached hydrogens (tertiary/aromatic N) is 1. The SMILES string of the molecule is COc1cccc(Oc2cc(OC)ccc2C#N)c1. The Morgan fingerprint density at radius 3 is 2.26 bits per heavy atom. The summed E-state index contributed by atoms with van der Waals surface area (Å²) >= 11 is 0. The van der Waals surface area contributed by atoms with Crippen LogP contribution in [-0.2, 0) is 0 Å². The zero-order chi connectivity index (χ0) is 13.7. The second-order valence-corrected chi connectivity index (χ2v) is 3.75. The van der Waals surface area contributed by atoms with Crippen molar-refractivity contribution in [3.63, 3.8) is 0 Å². The minimum atomic E-state index is 0.448. The second kappa shape index (κ2) is 5.78. The fourth-order valence-corrected chi connectivity index (χ4v) is 1.60. The summed E-state index contributed by atoms with van der Waals surface area (Å²) in [6.45, 7) is 0. The maximum absolute atomic E-state index is 9.07. The van der Waals surface area contributed by atoms with Gasteiger partial charge in [-0.1, -0.05) is 6.07 Å². The lowest BCUT2D eigenvalue weighted by molar-refractivity contribution is 0.403. The first kappa shape index (κ1) is 12.8. The maximum atomic E-state index is 9.07. The number of hydrogen-bond donors (Lipinski definition) is 0. The molecule has 0 aliphatic carbocycles. The molecule has 2 aromatic rings. The molecule has 0 unspecified atom stereocenters. The molecule has 2 rings (SSSR count). The summed E-state index contributed by atoms with van der Waals surface area (Å²) in [5, 5.41) is 9.07. The zero-order valence-electron chi connectivity index (χ0n) is 10.7. The number of nitriles is 1. The van der Waals surface area contributed by atoms with Crippen LogP contribution in [0.2, 0.25) is 0 Å². The van der Waals surface area contributed by atoms with Crippen LogP contribution in [0, 0.1) is 11.3 Å². The Bertz CT molecular complexity index is 617. The minimum Gasteiger partial charge on any atom is -0.497 e. The molecule has 4 nitrogen and oxygen atoms in total. The van der Waals surface area contributed by atoms with Gasteiger partial charge >= 0.3 is 0 Å². The Morgan fingerprint density at radius 2 is 1.58 bits per heavy atom. The van der Waals surface area contributed by atoms with Gasteiger partial charge in [-0.2, -0.15) is 5.26 Å². The molecule has 0 spiro atoms. The smallest absolute Gasteiger partial charge is 0.148 e. The summed E-state index contributed by atoms with van der Waals surface area (Å²) in [5.74, 6) is 2.38. The Morgan fingerprint density at radius 1 is 0.895 bits per heavy atom. The van der Waals surface area contributed by atoms with Gasteiger partial charge in [0.2, 0.25) is 0 Å². The highest BCUT2D eigenvalue weighted by Gasteiger charge is 2.07. The van der Waals surface area contributed by atoms with E-state index in [9.17, 15) is 0 Å². The van der Waals surface area contributed by atoms with Crippen molar-refractivity contribution in [3.05, 3.63) is 48.0 Å². The van der Waals surface area contributed by atoms with Gasteiger partial charge in [0.25, 0.3) is 0 Å². The highest BCUT2D eigenvalue weighted by atomic mass is 16.5. The standard InChI is InChI=1S/C15H13NO3/c1-17-12-4-3-5-14(8-12)19-15-9-13(18-2)7-6-11(15)10-16/h3-9H,1-2H3. The van der Waals surface area contributed by atoms with E-state index in [2.05, 4.69) is 6.07 Å². The van der Waals surface area contributed by atoms with Crippen molar-refractivity contribution < 1.29 is 14.2 Å². The van der Waals surface area contributed by atoms with Crippen molar-refractivity contribution in [2.24, 2.45) is 0 Å². The molecule has 0 radical (unpaired) electrons. The van der Waals surface area contributed by atoms with Crippen molar-refractivity contribution in [1.29, 1.82) is 5.26 Å². The van der Waals surface area contributed by atoms with E-state index in [1.165, 1.54) is 0 Å². The van der Waals surface area contributed by atoms with Gasteiger partial charge < -0.3 is 14.2 Å². The van der Waals surface area contributed by atoms with Crippen molar-refractivity contribution >= 4 is 0 Å². The van der Waals surface area contributed by atoms with Gasteiger partial charge in [0.1, 0.15) is 29.1 Å². The van der Waals surface area contributed by atoms with Crippen LogP contribution in [0.15, 0.2) is 42.5 Å². The lowest BCUT2D eigenvalue weighted by atomic mass is 10.2. The third-order valence-corrected chi connectivity index (χ3v) is 2.58. The Hall–Kier alpha value is -2.67. The van der Waals surface area contributed by atoms with E-state index in [-0.39, 0.29) is 0 Å². The monoisotopic (exact) mass is 255 g/mol. The first-order valence-corrected chi connectivity index (χ1v) is 5.67. The van der Waals surface area contributed by atoms with Gasteiger partial charge in [-0.25, -0.2) is 0 Å². The van der Waals surface area contributed by atoms with Crippen LogP contribution in [0.5, 0.6) is 23.0 Å². The number of ether oxygens (including phenoxy) is 3. The highest BCUT2D eigenvalue weighted by molar-refractivity contribution is 5.49. The largest absolute Gasteiger partial charge is 0.497 e. The number of benzene rings is 2. The molecule has 4 heteroatoms. The molecule has 0 heterocycles. The predicted molar refractivity (Wildman–Crippen MR) is 70.8 cm³/mol. The van der Waals surface area contributed by atoms with Gasteiger partial charge in [0.05, 0.1) is 19.8 Å². The number of methoxy groups -OCH3 is 2. The molecule has 2 aromatic carbocycles. The molecule has 0 saturated heterocycles. The third kappa shape index (κ3) is 2.96. The lowest BCUT2D eigenvalue weighted by Crippen LogP contribution is -1.91. The van der Waals surface area contributed by atoms with Crippen molar-refractivity contribution in [3.8, 4) is 29.1 Å². The molecule has 0 bridgehead atoms. The van der Waals surface area contributed by atoms with Gasteiger partial charge in [-0.05, 0) is 24.3 Å². The molecule has 0 saturated carbocycles. The van der Waals surface area contributed by atoms with Crippen LogP contribution < -0.4 is 14.2 Å². The minimum absolute atomic E-state index is 0.448. The van der Waals surface area contributed by atoms with Crippen molar-refractivity contribution in [2.45, 2.75) is 0 Å². The van der Waals surface area contributed by atoms with E-state index in [1.54, 1.807) is 44.6 Å². The Labute approximate surface area is 111 Å². The topological polar surface area (TPSA) is 51.5 Å². The fourth-order valence-electron chi connectivity index (χ4n) is 1.60. The zero-order valence-corrected chi connectivity index (χ0v) is 10.7. The van der Waals surface area contributed by atoms with Gasteiger partial charge in [-0.3, -0.25) is 0 Å². The van der Waals surface area contributed by atoms with Gasteiger partial charge in [0.15, 0.2) is 0 Å². The molecule has 0 atom stereocenters. The first-order chi connectivity index (χ1) is 9.26. The molecule has 0 amide bonds. The fraction of sp³-hybridized carbons (Fsp3) is 0.133. The molecule has 0 fully saturated rings. The molecule has 19 heavy (non-hydrogen) atoms. The van der Waals surface area contributed by atoms with E-state index < -0.39 is 0 Å². The van der Waals surface area contributed by atoms with E-state index in [0.717, 1.165) is 0 Å². The molecule has 0 N–H and O–H groups in total. The molecule has 0 aromatic heterocycles. The number of rotatable bonds is 4. The third-order valence-electron chi connectivity index (χ3n) is 2.58. The van der Waals surface area contributed by atoms with E-state index >= 15 is 0 Å². The van der Waals surface area contributed by atoms with Crippen LogP contribution in [0.1, 0.15) is 5.56 Å². The van der Waals surface area contributed by atoms with Gasteiger partial charge in [-0.15, -0.1) is 0 Å². The highest BCUT2D eigenvalue weighted by Crippen LogP contribution is 2.30. The summed E-state index contributed by atoms with van der Waals surface area (Å²) in [6.07, 6.45) is 0. The molecule has 96 valence electrons. The van der Waals surface area contributed by atoms with Crippen molar-refractivity contribution in [2.75, 3.05) is 14.2 Å². The summed E-state index contributed by atoms with van der Waals surface area (Å²) in [4.78, 5) is 0. The van der Waals surface area contributed by atoms with Crippen LogP contribution in [-0.4, -0.2) is 14.2 Å². The average Bonchev–Trinajstić information content (AvgIpc) is 2.47. The quantitative estimate of drug-likeness (QED) is 0.840. The molecular formula is C15H13NO3. The van der Waals surface area contributed by atoms with E-state index in [4.69, 9.17) is 19.5 Å². The first-order valence-electron chi connectivity index (χ1n) is 5.67. The lowest BCUT2D eigenvalue weighted by Gasteiger charge is -2.10. The maximum Gasteiger partial charge on any atom is 0.148 e. The Kier molecular flexibility index (Phi) is 3.89. The average molecular weight is 255 g/mol. The second-order valence-electron chi connectivity index (χ2n) is 3.75. The molecular weight excluding hydrogens is 242 g/mol. The van der Waals surface area contributed by atoms with Crippen LogP contribution in [0.4, 0.5) is 0 Å². The van der Waals surface area contributed by atoms with Crippen LogP contribution >= 0.6 is 0 Å². The molecule has 0 aliphatic heterocycles. The summed E-state index contributed by atoms with van der Waals surface area (Å²) in [7, 11) is 3.15. The normalized spacial score (nSPS) is 9.53. The summed E-state index contributed by atoms with van der Waals surface area (Å²) in [6, 6.07) is 14.3. The van der Waals surface area contributed by atoms with E-state index in [0.29, 0.717) is 28.6 Å². The molecule has 0 aliphatic rings. The van der Waals surface area contributed by atoms with Crippen LogP contribution in [0.25, 0.3) is 0 Å². The van der Waals surface area contributed by atoms with Crippen molar-refractivity contribution in [1.82, 2.24) is 0 Å². The van der Waals surface area contributed by atoms with Gasteiger partial charge in [0, 0.05) is 12.1 Å². The van der Waals surface area contributed by atoms with Crippen LogP contribution in [0.3, 0.4) is 0 Å². The predicted octanol–water partition coefficient (Wildman–Crippen LogP) is 3.37.